The van der Waals surface area contributed by atoms with Crippen molar-refractivity contribution in [1.82, 2.24) is 14.7 Å². The minimum absolute atomic E-state index is 0.0141. The summed E-state index contributed by atoms with van der Waals surface area (Å²) in [6.45, 7) is 7.70. The highest BCUT2D eigenvalue weighted by atomic mass is 32.2. The van der Waals surface area contributed by atoms with E-state index in [9.17, 15) is 27.7 Å². The van der Waals surface area contributed by atoms with E-state index in [2.05, 4.69) is 19.9 Å². The summed E-state index contributed by atoms with van der Waals surface area (Å²) in [6, 6.07) is 4.21. The van der Waals surface area contributed by atoms with E-state index in [0.717, 1.165) is 10.9 Å². The number of carbonyl (C=O) groups is 1. The van der Waals surface area contributed by atoms with Gasteiger partial charge in [-0.2, -0.15) is 9.86 Å². The summed E-state index contributed by atoms with van der Waals surface area (Å²) in [6.07, 6.45) is 1.52. The van der Waals surface area contributed by atoms with Crippen molar-refractivity contribution in [2.75, 3.05) is 37.0 Å². The van der Waals surface area contributed by atoms with E-state index in [4.69, 9.17) is 4.52 Å². The Hall–Kier alpha value is -3.22. The minimum Gasteiger partial charge on any atom is -0.505 e. The van der Waals surface area contributed by atoms with E-state index in [-0.39, 0.29) is 52.3 Å². The van der Waals surface area contributed by atoms with E-state index >= 15 is 0 Å². The zero-order chi connectivity index (χ0) is 28.6. The maximum absolute atomic E-state index is 13.9. The van der Waals surface area contributed by atoms with Crippen LogP contribution in [-0.4, -0.2) is 66.9 Å². The van der Waals surface area contributed by atoms with Gasteiger partial charge in [-0.3, -0.25) is 18.9 Å². The molecule has 0 radical (unpaired) electrons. The van der Waals surface area contributed by atoms with Crippen LogP contribution in [0.3, 0.4) is 0 Å². The largest absolute Gasteiger partial charge is 0.505 e. The van der Waals surface area contributed by atoms with Gasteiger partial charge in [-0.1, -0.05) is 20.8 Å². The van der Waals surface area contributed by atoms with Crippen LogP contribution in [0.25, 0.3) is 0 Å². The molecule has 13 nitrogen and oxygen atoms in total. The fraction of sp³-hybridized carbons (Fsp3) is 0.478. The van der Waals surface area contributed by atoms with Crippen molar-refractivity contribution >= 4 is 46.0 Å². The molecule has 1 aliphatic rings. The maximum Gasteiger partial charge on any atom is 0.348 e. The zero-order valence-electron chi connectivity index (χ0n) is 22.4. The van der Waals surface area contributed by atoms with Gasteiger partial charge >= 0.3 is 7.52 Å². The van der Waals surface area contributed by atoms with Crippen molar-refractivity contribution in [2.45, 2.75) is 40.7 Å². The van der Waals surface area contributed by atoms with Crippen LogP contribution in [0.2, 0.25) is 0 Å². The first-order valence-electron chi connectivity index (χ1n) is 11.8. The number of amidine groups is 1. The van der Waals surface area contributed by atoms with Crippen LogP contribution < -0.4 is 20.9 Å². The number of hydrogen-bond donors (Lipinski definition) is 3. The highest BCUT2D eigenvalue weighted by Crippen LogP contribution is 2.52. The van der Waals surface area contributed by atoms with Gasteiger partial charge in [0.2, 0.25) is 10.0 Å². The predicted octanol–water partition coefficient (Wildman–Crippen LogP) is 2.19. The molecule has 1 aromatic heterocycles. The summed E-state index contributed by atoms with van der Waals surface area (Å²) in [7, 11) is -4.72. The van der Waals surface area contributed by atoms with Crippen molar-refractivity contribution in [3.8, 4) is 5.75 Å². The third-order valence-electron chi connectivity index (χ3n) is 5.44. The van der Waals surface area contributed by atoms with Crippen LogP contribution in [0.15, 0.2) is 27.8 Å². The third-order valence-corrected chi connectivity index (χ3v) is 8.10. The van der Waals surface area contributed by atoms with E-state index in [1.54, 1.807) is 6.92 Å². The molecule has 208 valence electrons. The van der Waals surface area contributed by atoms with Crippen molar-refractivity contribution in [3.05, 3.63) is 39.8 Å². The van der Waals surface area contributed by atoms with Gasteiger partial charge in [-0.05, 0) is 37.0 Å². The Bertz CT molecular complexity index is 1510. The third kappa shape index (κ3) is 6.43. The van der Waals surface area contributed by atoms with Crippen LogP contribution in [0.4, 0.5) is 11.4 Å². The molecular formula is C23H33N6O7PS. The highest BCUT2D eigenvalue weighted by molar-refractivity contribution is 7.92. The van der Waals surface area contributed by atoms with Gasteiger partial charge in [0.25, 0.3) is 11.5 Å². The summed E-state index contributed by atoms with van der Waals surface area (Å²) < 4.78 is 50.5. The lowest BCUT2D eigenvalue weighted by Crippen LogP contribution is -2.37. The highest BCUT2D eigenvalue weighted by Gasteiger charge is 2.37. The van der Waals surface area contributed by atoms with Crippen LogP contribution in [0.1, 0.15) is 50.2 Å². The number of nitrogens with zero attached hydrogens (tertiary/aromatic N) is 4. The molecule has 3 N–H and O–H groups in total. The Kier molecular flexibility index (Phi) is 8.11. The number of aryl methyl sites for hydroxylation is 1. The number of benzene rings is 1. The number of sulfonamides is 1. The number of hydrogen-bond acceptors (Lipinski definition) is 9. The van der Waals surface area contributed by atoms with Gasteiger partial charge in [0.1, 0.15) is 5.56 Å². The molecule has 0 saturated heterocycles. The van der Waals surface area contributed by atoms with Crippen molar-refractivity contribution in [1.29, 1.82) is 0 Å². The Balaban J connectivity index is 2.25. The summed E-state index contributed by atoms with van der Waals surface area (Å²) in [5.74, 6) is -1.62. The molecule has 1 aliphatic heterocycles. The summed E-state index contributed by atoms with van der Waals surface area (Å²) >= 11 is 0. The number of amides is 1. The second kappa shape index (κ2) is 10.5. The number of nitrogens with one attached hydrogen (secondary N) is 2. The lowest BCUT2D eigenvalue weighted by Gasteiger charge is -2.26. The van der Waals surface area contributed by atoms with Gasteiger partial charge in [0.15, 0.2) is 17.3 Å². The van der Waals surface area contributed by atoms with E-state index in [1.807, 2.05) is 20.8 Å². The van der Waals surface area contributed by atoms with E-state index < -0.39 is 34.8 Å². The second-order valence-corrected chi connectivity index (χ2v) is 14.0. The molecule has 1 amide bonds. The van der Waals surface area contributed by atoms with Crippen molar-refractivity contribution in [3.63, 3.8) is 0 Å². The molecule has 38 heavy (non-hydrogen) atoms. The number of anilines is 2. The van der Waals surface area contributed by atoms with Crippen LogP contribution in [0, 0.1) is 5.41 Å². The molecule has 0 spiro atoms. The Labute approximate surface area is 221 Å². The predicted molar refractivity (Wildman–Crippen MR) is 146 cm³/mol. The van der Waals surface area contributed by atoms with Crippen molar-refractivity contribution < 1.29 is 27.4 Å². The second-order valence-electron chi connectivity index (χ2n) is 10.2. The summed E-state index contributed by atoms with van der Waals surface area (Å²) in [5, 5.41) is 18.2. The number of rotatable bonds is 8. The standard InChI is InChI=1S/C23H33N6O7PS/c1-8-36-37(33)16-13-14(27-38(7,34)35)9-10-15(16)24-20(26-37)17-19(30)18(22(32)28(5)6)25-29(21(17)31)12-11-23(2,3)4/h9-10,13,27,30H,8,11-12H2,1-7H3,(H,24,26,33). The number of aromatic hydroxyl groups is 1. The average molecular weight is 569 g/mol. The molecule has 2 aromatic rings. The zero-order valence-corrected chi connectivity index (χ0v) is 24.1. The molecule has 2 heterocycles. The van der Waals surface area contributed by atoms with Crippen LogP contribution >= 0.6 is 7.52 Å². The molecule has 0 fully saturated rings. The minimum atomic E-state index is -4.06. The molecule has 1 aromatic carbocycles. The number of carbonyl (C=O) groups excluding carboxylic acids is 1. The van der Waals surface area contributed by atoms with Gasteiger partial charge in [-0.15, -0.1) is 0 Å². The first-order valence-corrected chi connectivity index (χ1v) is 15.2. The van der Waals surface area contributed by atoms with Gasteiger partial charge < -0.3 is 19.8 Å². The lowest BCUT2D eigenvalue weighted by atomic mass is 9.92. The quantitative estimate of drug-likeness (QED) is 0.404. The van der Waals surface area contributed by atoms with Gasteiger partial charge in [0, 0.05) is 26.3 Å². The molecule has 15 heteroatoms. The fourth-order valence-electron chi connectivity index (χ4n) is 3.60. The normalized spacial score (nSPS) is 17.3. The molecule has 1 unspecified atom stereocenters. The molecule has 0 bridgehead atoms. The molecule has 1 atom stereocenters. The summed E-state index contributed by atoms with van der Waals surface area (Å²) in [5.41, 5.74) is -1.29. The molecular weight excluding hydrogens is 535 g/mol. The number of fused-ring (bicyclic) bond motifs is 1. The van der Waals surface area contributed by atoms with Crippen molar-refractivity contribution in [2.24, 2.45) is 10.2 Å². The first-order chi connectivity index (χ1) is 17.5. The number of aromatic nitrogens is 2. The Morgan fingerprint density at radius 1 is 1.29 bits per heavy atom. The summed E-state index contributed by atoms with van der Waals surface area (Å²) in [4.78, 5) is 27.6. The van der Waals surface area contributed by atoms with E-state index in [0.29, 0.717) is 6.42 Å². The molecule has 0 aliphatic carbocycles. The van der Waals surface area contributed by atoms with Gasteiger partial charge in [0.05, 0.1) is 23.9 Å². The maximum atomic E-state index is 13.9. The van der Waals surface area contributed by atoms with Crippen LogP contribution in [0.5, 0.6) is 5.75 Å². The fourth-order valence-corrected chi connectivity index (χ4v) is 5.96. The topological polar surface area (TPSA) is 172 Å². The Morgan fingerprint density at radius 3 is 2.50 bits per heavy atom. The molecule has 0 saturated carbocycles. The first kappa shape index (κ1) is 29.3. The lowest BCUT2D eigenvalue weighted by molar-refractivity contribution is 0.0815. The SMILES string of the molecule is CCOP1(=O)N=C(c2c(O)c(C(=O)N(C)C)nn(CCC(C)(C)C)c2=O)Nc2ccc(NS(C)(=O)=O)cc21. The Morgan fingerprint density at radius 2 is 1.95 bits per heavy atom. The molecule has 3 rings (SSSR count). The van der Waals surface area contributed by atoms with Crippen LogP contribution in [-0.2, 0) is 25.7 Å². The monoisotopic (exact) mass is 568 g/mol. The van der Waals surface area contributed by atoms with Gasteiger partial charge in [-0.25, -0.2) is 13.1 Å². The average Bonchev–Trinajstić information content (AvgIpc) is 2.77. The smallest absolute Gasteiger partial charge is 0.348 e. The van der Waals surface area contributed by atoms with E-state index in [1.165, 1.54) is 37.2 Å².